The van der Waals surface area contributed by atoms with Crippen LogP contribution in [0.5, 0.6) is 5.75 Å². The van der Waals surface area contributed by atoms with Crippen LogP contribution >= 0.6 is 0 Å². The van der Waals surface area contributed by atoms with Gasteiger partial charge >= 0.3 is 51.4 Å². The van der Waals surface area contributed by atoms with E-state index in [0.29, 0.717) is 12.2 Å². The van der Waals surface area contributed by atoms with Crippen LogP contribution in [0.2, 0.25) is 143 Å². The molecular weight excluding hydrogens is 833 g/mol. The molecule has 1 aromatic heterocycles. The largest absolute Gasteiger partial charge is 0.494 e. The first kappa shape index (κ1) is 49.7. The third-order valence-electron chi connectivity index (χ3n) is 8.01. The van der Waals surface area contributed by atoms with Crippen molar-refractivity contribution < 1.29 is 38.3 Å². The normalized spacial score (nSPS) is 14.4. The Morgan fingerprint density at radius 1 is 0.537 bits per heavy atom. The zero-order chi connectivity index (χ0) is 41.7. The lowest BCUT2D eigenvalue weighted by atomic mass is 10.2. The fourth-order valence-corrected chi connectivity index (χ4v) is 51.9. The van der Waals surface area contributed by atoms with Gasteiger partial charge in [-0.15, -0.1) is 0 Å². The smallest absolute Gasteiger partial charge is 0.314 e. The molecule has 11 nitrogen and oxygen atoms in total. The van der Waals surface area contributed by atoms with Crippen molar-refractivity contribution in [1.82, 2.24) is 9.55 Å². The molecule has 2 aromatic rings. The summed E-state index contributed by atoms with van der Waals surface area (Å²) in [5.74, 6) is 0.609. The van der Waals surface area contributed by atoms with Crippen molar-refractivity contribution in [2.24, 2.45) is 0 Å². The van der Waals surface area contributed by atoms with E-state index in [9.17, 15) is 4.79 Å². The average Bonchev–Trinajstić information content (AvgIpc) is 3.44. The molecule has 1 aromatic carbocycles. The van der Waals surface area contributed by atoms with Crippen molar-refractivity contribution in [2.45, 2.75) is 149 Å². The van der Waals surface area contributed by atoms with Gasteiger partial charge in [0, 0.05) is 26.0 Å². The molecule has 0 saturated carbocycles. The first-order valence-corrected chi connectivity index (χ1v) is 46.1. The Balaban J connectivity index is 1.89. The van der Waals surface area contributed by atoms with Crippen LogP contribution in [0, 0.1) is 0 Å². The second-order valence-electron chi connectivity index (χ2n) is 19.4. The summed E-state index contributed by atoms with van der Waals surface area (Å²) in [4.78, 5) is 16.5. The highest BCUT2D eigenvalue weighted by Gasteiger charge is 2.49. The van der Waals surface area contributed by atoms with E-state index in [-0.39, 0.29) is 5.91 Å². The second-order valence-corrected chi connectivity index (χ2v) is 55.6. The molecule has 0 aliphatic rings. The van der Waals surface area contributed by atoms with Gasteiger partial charge in [-0.1, -0.05) is 25.7 Å². The Morgan fingerprint density at radius 2 is 0.926 bits per heavy atom. The van der Waals surface area contributed by atoms with Crippen LogP contribution < -0.4 is 4.74 Å². The molecule has 0 unspecified atom stereocenters. The van der Waals surface area contributed by atoms with Crippen molar-refractivity contribution in [3.63, 3.8) is 0 Å². The van der Waals surface area contributed by atoms with Gasteiger partial charge in [-0.05, 0) is 148 Å². The lowest BCUT2D eigenvalue weighted by molar-refractivity contribution is 0.0959. The molecule has 2 rings (SSSR count). The molecule has 0 fully saturated rings. The lowest BCUT2D eigenvalue weighted by Gasteiger charge is -2.44. The number of rotatable bonds is 23. The Morgan fingerprint density at radius 3 is 1.30 bits per heavy atom. The Kier molecular flexibility index (Phi) is 17.2. The summed E-state index contributed by atoms with van der Waals surface area (Å²) in [7, 11) is -20.6. The molecule has 0 spiro atoms. The Bertz CT molecular complexity index is 1480. The van der Waals surface area contributed by atoms with Crippen molar-refractivity contribution in [3.8, 4) is 5.75 Å². The SMILES string of the molecule is C[Si](C)(C)CC[Si](C)(C)O[Si](C)(C)O[Si](C)(C)O[Si](C)(C)O[Si](C)(C)O[Si](C)(C)O[Si](C)(C)O[Si](C)(C)CCCOc1ccc(C(=O)n2ccnc2)cc1. The van der Waals surface area contributed by atoms with Gasteiger partial charge < -0.3 is 33.5 Å². The third kappa shape index (κ3) is 19.8. The third-order valence-corrected chi connectivity index (χ3v) is 41.3. The van der Waals surface area contributed by atoms with Crippen molar-refractivity contribution in [3.05, 3.63) is 48.5 Å². The van der Waals surface area contributed by atoms with Gasteiger partial charge in [0.15, 0.2) is 16.6 Å². The van der Waals surface area contributed by atoms with Gasteiger partial charge in [0.2, 0.25) is 0 Å². The predicted octanol–water partition coefficient (Wildman–Crippen LogP) is 10.4. The van der Waals surface area contributed by atoms with E-state index >= 15 is 0 Å². The maximum absolute atomic E-state index is 12.5. The minimum Gasteiger partial charge on any atom is -0.494 e. The van der Waals surface area contributed by atoms with Crippen LogP contribution in [-0.4, -0.2) is 98.1 Å². The van der Waals surface area contributed by atoms with E-state index in [1.165, 1.54) is 23.0 Å². The van der Waals surface area contributed by atoms with Crippen LogP contribution in [0.4, 0.5) is 0 Å². The molecule has 1 heterocycles. The highest BCUT2D eigenvalue weighted by atomic mass is 28.5. The van der Waals surface area contributed by atoms with Crippen molar-refractivity contribution >= 4 is 82.0 Å². The predicted molar refractivity (Wildman–Crippen MR) is 244 cm³/mol. The molecule has 0 bridgehead atoms. The number of hydrogen-bond donors (Lipinski definition) is 0. The lowest BCUT2D eigenvalue weighted by Crippen LogP contribution is -2.61. The Hall–Kier alpha value is -0.428. The van der Waals surface area contributed by atoms with Crippen LogP contribution in [0.3, 0.4) is 0 Å². The fraction of sp³-hybridized carbons (Fsp3) is 0.706. The first-order valence-electron chi connectivity index (χ1n) is 19.3. The van der Waals surface area contributed by atoms with E-state index in [4.69, 9.17) is 33.5 Å². The Labute approximate surface area is 337 Å². The number of benzene rings is 1. The number of imidazole rings is 1. The van der Waals surface area contributed by atoms with Gasteiger partial charge in [-0.3, -0.25) is 9.36 Å². The monoisotopic (exact) mass is 906 g/mol. The molecule has 0 atom stereocenters. The number of ether oxygens (including phenoxy) is 1. The molecule has 0 N–H and O–H groups in total. The van der Waals surface area contributed by atoms with Crippen molar-refractivity contribution in [1.29, 1.82) is 0 Å². The second kappa shape index (κ2) is 18.7. The highest BCUT2D eigenvalue weighted by Crippen LogP contribution is 2.31. The summed E-state index contributed by atoms with van der Waals surface area (Å²) in [5.41, 5.74) is 0.581. The number of hydrogen-bond acceptors (Lipinski definition) is 10. The molecule has 20 heteroatoms. The average molecular weight is 908 g/mol. The summed E-state index contributed by atoms with van der Waals surface area (Å²) in [5, 5.41) is 0. The van der Waals surface area contributed by atoms with Crippen LogP contribution in [0.25, 0.3) is 0 Å². The zero-order valence-electron chi connectivity index (χ0n) is 37.1. The van der Waals surface area contributed by atoms with Gasteiger partial charge in [0.1, 0.15) is 12.1 Å². The van der Waals surface area contributed by atoms with Crippen molar-refractivity contribution in [2.75, 3.05) is 6.61 Å². The summed E-state index contributed by atoms with van der Waals surface area (Å²) >= 11 is 0. The molecule has 0 amide bonds. The molecule has 0 aliphatic carbocycles. The molecule has 0 saturated heterocycles. The van der Waals surface area contributed by atoms with E-state index in [1.807, 2.05) is 12.1 Å². The van der Waals surface area contributed by atoms with Crippen LogP contribution in [0.1, 0.15) is 16.8 Å². The molecule has 54 heavy (non-hydrogen) atoms. The van der Waals surface area contributed by atoms with E-state index in [0.717, 1.165) is 18.2 Å². The van der Waals surface area contributed by atoms with Gasteiger partial charge in [0.25, 0.3) is 5.91 Å². The zero-order valence-corrected chi connectivity index (χ0v) is 46.1. The first-order chi connectivity index (χ1) is 24.1. The van der Waals surface area contributed by atoms with E-state index in [1.54, 1.807) is 24.5 Å². The number of aromatic nitrogens is 2. The quantitative estimate of drug-likeness (QED) is 0.0790. The van der Waals surface area contributed by atoms with Gasteiger partial charge in [-0.2, -0.15) is 0 Å². The summed E-state index contributed by atoms with van der Waals surface area (Å²) in [6, 6.07) is 10.6. The van der Waals surface area contributed by atoms with Crippen LogP contribution in [0.15, 0.2) is 43.0 Å². The minimum atomic E-state index is -2.67. The van der Waals surface area contributed by atoms with Gasteiger partial charge in [0.05, 0.1) is 6.61 Å². The molecule has 0 aliphatic heterocycles. The highest BCUT2D eigenvalue weighted by molar-refractivity contribution is 6.92. The standard InChI is InChI=1S/C34H74N2O9Si9/c1-46(2,3)29-30-48(6,7)40-50(10,11)42-52(14,15)44-54(18,19)45-53(16,17)43-51(12,13)41-49(8,9)39-47(4,5)28-20-27-38-33-23-21-32(22-24-33)34(37)36-26-25-35-31-36/h21-26,31H,20,27-30H2,1-19H3. The molecular formula is C34H74N2O9Si9. The fourth-order valence-electron chi connectivity index (χ4n) is 7.10. The number of carbonyl (C=O) groups excluding carboxylic acids is 1. The van der Waals surface area contributed by atoms with Gasteiger partial charge in [-0.25, -0.2) is 4.98 Å². The van der Waals surface area contributed by atoms with Crippen LogP contribution in [-0.2, 0) is 28.8 Å². The van der Waals surface area contributed by atoms with E-state index < -0.39 is 76.1 Å². The summed E-state index contributed by atoms with van der Waals surface area (Å²) in [6.07, 6.45) is 5.58. The summed E-state index contributed by atoms with van der Waals surface area (Å²) < 4.78 is 55.2. The molecule has 0 radical (unpaired) electrons. The topological polar surface area (TPSA) is 109 Å². The van der Waals surface area contributed by atoms with E-state index in [2.05, 4.69) is 129 Å². The summed E-state index contributed by atoms with van der Waals surface area (Å²) in [6.45, 7) is 42.3. The molecule has 310 valence electrons. The number of nitrogens with zero attached hydrogens (tertiary/aromatic N) is 2. The minimum absolute atomic E-state index is 0.126. The maximum atomic E-state index is 12.5. The number of carbonyl (C=O) groups is 1. The maximum Gasteiger partial charge on any atom is 0.314 e.